The Morgan fingerprint density at radius 2 is 1.53 bits per heavy atom. The fourth-order valence-corrected chi connectivity index (χ4v) is 2.35. The Bertz CT molecular complexity index is 523. The van der Waals surface area contributed by atoms with E-state index in [1.807, 2.05) is 6.07 Å². The second kappa shape index (κ2) is 6.67. The highest BCUT2D eigenvalue weighted by Gasteiger charge is 2.10. The van der Waals surface area contributed by atoms with E-state index in [4.69, 9.17) is 11.6 Å². The lowest BCUT2D eigenvalue weighted by molar-refractivity contribution is 0.574. The van der Waals surface area contributed by atoms with Gasteiger partial charge in [0.2, 0.25) is 0 Å². The Labute approximate surface area is 117 Å². The Balaban J connectivity index is 2.02. The van der Waals surface area contributed by atoms with Crippen LogP contribution in [0.4, 0.5) is 8.78 Å². The van der Waals surface area contributed by atoms with Crippen LogP contribution >= 0.6 is 11.6 Å². The molecule has 0 fully saturated rings. The lowest BCUT2D eigenvalue weighted by Crippen LogP contribution is -2.10. The summed E-state index contributed by atoms with van der Waals surface area (Å²) >= 11 is 5.97. The van der Waals surface area contributed by atoms with Gasteiger partial charge in [0.1, 0.15) is 11.6 Å². The van der Waals surface area contributed by atoms with Crippen molar-refractivity contribution in [2.45, 2.75) is 12.8 Å². The molecule has 3 heteroatoms. The highest BCUT2D eigenvalue weighted by atomic mass is 35.5. The monoisotopic (exact) mass is 280 g/mol. The van der Waals surface area contributed by atoms with Crippen LogP contribution in [0.2, 0.25) is 0 Å². The maximum atomic E-state index is 13.1. The lowest BCUT2D eigenvalue weighted by Gasteiger charge is -2.14. The van der Waals surface area contributed by atoms with Crippen LogP contribution in [0.3, 0.4) is 0 Å². The topological polar surface area (TPSA) is 0 Å². The summed E-state index contributed by atoms with van der Waals surface area (Å²) in [5, 5.41) is 0. The van der Waals surface area contributed by atoms with Gasteiger partial charge in [-0.1, -0.05) is 24.3 Å². The van der Waals surface area contributed by atoms with Crippen molar-refractivity contribution in [1.29, 1.82) is 0 Å². The molecule has 0 radical (unpaired) electrons. The molecule has 100 valence electrons. The van der Waals surface area contributed by atoms with Crippen molar-refractivity contribution >= 4 is 11.6 Å². The van der Waals surface area contributed by atoms with E-state index in [2.05, 4.69) is 0 Å². The van der Waals surface area contributed by atoms with E-state index >= 15 is 0 Å². The van der Waals surface area contributed by atoms with Crippen LogP contribution in [-0.4, -0.2) is 5.88 Å². The largest absolute Gasteiger partial charge is 0.207 e. The molecule has 0 amide bonds. The van der Waals surface area contributed by atoms with Crippen LogP contribution in [0.5, 0.6) is 0 Å². The average Bonchev–Trinajstić information content (AvgIpc) is 2.40. The third-order valence-electron chi connectivity index (χ3n) is 3.07. The Kier molecular flexibility index (Phi) is 4.92. The van der Waals surface area contributed by atoms with Crippen molar-refractivity contribution < 1.29 is 8.78 Å². The molecular weight excluding hydrogens is 266 g/mol. The first-order chi connectivity index (χ1) is 9.17. The molecule has 0 heterocycles. The molecule has 0 saturated heterocycles. The smallest absolute Gasteiger partial charge is 0.123 e. The molecule has 0 aliphatic heterocycles. The summed E-state index contributed by atoms with van der Waals surface area (Å²) in [5.41, 5.74) is 1.98. The molecule has 2 rings (SSSR count). The summed E-state index contributed by atoms with van der Waals surface area (Å²) in [4.78, 5) is 0. The second-order valence-electron chi connectivity index (χ2n) is 4.68. The van der Waals surface area contributed by atoms with Crippen molar-refractivity contribution in [2.24, 2.45) is 5.92 Å². The van der Waals surface area contributed by atoms with E-state index in [0.29, 0.717) is 5.88 Å². The summed E-state index contributed by atoms with van der Waals surface area (Å²) in [7, 11) is 0. The van der Waals surface area contributed by atoms with Crippen molar-refractivity contribution in [1.82, 2.24) is 0 Å². The quantitative estimate of drug-likeness (QED) is 0.702. The normalized spacial score (nSPS) is 12.4. The van der Waals surface area contributed by atoms with Crippen LogP contribution in [0.1, 0.15) is 11.1 Å². The van der Waals surface area contributed by atoms with Crippen LogP contribution < -0.4 is 0 Å². The Morgan fingerprint density at radius 1 is 0.842 bits per heavy atom. The third-order valence-corrected chi connectivity index (χ3v) is 3.51. The van der Waals surface area contributed by atoms with Gasteiger partial charge in [0.15, 0.2) is 0 Å². The van der Waals surface area contributed by atoms with Gasteiger partial charge < -0.3 is 0 Å². The SMILES string of the molecule is Fc1ccc(CC(CCl)Cc2cccc(F)c2)cc1. The van der Waals surface area contributed by atoms with Crippen molar-refractivity contribution in [3.8, 4) is 0 Å². The molecule has 0 N–H and O–H groups in total. The van der Waals surface area contributed by atoms with Gasteiger partial charge in [-0.05, 0) is 54.2 Å². The van der Waals surface area contributed by atoms with Gasteiger partial charge in [-0.3, -0.25) is 0 Å². The number of hydrogen-bond donors (Lipinski definition) is 0. The number of benzene rings is 2. The van der Waals surface area contributed by atoms with Crippen molar-refractivity contribution in [2.75, 3.05) is 5.88 Å². The standard InChI is InChI=1S/C16H15ClF2/c17-11-14(8-12-4-6-15(18)7-5-12)9-13-2-1-3-16(19)10-13/h1-7,10,14H,8-9,11H2. The molecule has 2 aromatic rings. The first kappa shape index (κ1) is 14.0. The number of hydrogen-bond acceptors (Lipinski definition) is 0. The molecule has 2 aromatic carbocycles. The maximum absolute atomic E-state index is 13.1. The molecule has 0 saturated carbocycles. The van der Waals surface area contributed by atoms with E-state index in [9.17, 15) is 8.78 Å². The molecule has 0 aromatic heterocycles. The van der Waals surface area contributed by atoms with Crippen LogP contribution in [-0.2, 0) is 12.8 Å². The van der Waals surface area contributed by atoms with Gasteiger partial charge in [0.25, 0.3) is 0 Å². The third kappa shape index (κ3) is 4.32. The molecule has 0 aliphatic rings. The Morgan fingerprint density at radius 3 is 2.16 bits per heavy atom. The fourth-order valence-electron chi connectivity index (χ4n) is 2.13. The van der Waals surface area contributed by atoms with Crippen molar-refractivity contribution in [3.05, 3.63) is 71.3 Å². The molecule has 0 spiro atoms. The first-order valence-corrected chi connectivity index (χ1v) is 6.75. The van der Waals surface area contributed by atoms with Gasteiger partial charge in [-0.25, -0.2) is 8.78 Å². The average molecular weight is 281 g/mol. The van der Waals surface area contributed by atoms with Gasteiger partial charge >= 0.3 is 0 Å². The summed E-state index contributed by atoms with van der Waals surface area (Å²) < 4.78 is 25.9. The van der Waals surface area contributed by atoms with E-state index in [1.165, 1.54) is 24.3 Å². The van der Waals surface area contributed by atoms with Crippen LogP contribution in [0.25, 0.3) is 0 Å². The number of alkyl halides is 1. The van der Waals surface area contributed by atoms with Crippen LogP contribution in [0, 0.1) is 17.6 Å². The summed E-state index contributed by atoms with van der Waals surface area (Å²) in [5.74, 6) is 0.242. The zero-order valence-corrected chi connectivity index (χ0v) is 11.2. The molecule has 1 atom stereocenters. The van der Waals surface area contributed by atoms with Crippen LogP contribution in [0.15, 0.2) is 48.5 Å². The maximum Gasteiger partial charge on any atom is 0.123 e. The second-order valence-corrected chi connectivity index (χ2v) is 4.99. The predicted molar refractivity (Wildman–Crippen MR) is 74.4 cm³/mol. The molecule has 19 heavy (non-hydrogen) atoms. The van der Waals surface area contributed by atoms with Gasteiger partial charge in [0.05, 0.1) is 0 Å². The highest BCUT2D eigenvalue weighted by Crippen LogP contribution is 2.17. The van der Waals surface area contributed by atoms with E-state index in [-0.39, 0.29) is 17.6 Å². The zero-order chi connectivity index (χ0) is 13.7. The summed E-state index contributed by atoms with van der Waals surface area (Å²) in [6.45, 7) is 0. The summed E-state index contributed by atoms with van der Waals surface area (Å²) in [6, 6.07) is 13.0. The predicted octanol–water partition coefficient (Wildman–Crippen LogP) is 4.61. The molecule has 1 unspecified atom stereocenters. The molecular formula is C16H15ClF2. The minimum absolute atomic E-state index is 0.217. The summed E-state index contributed by atoms with van der Waals surface area (Å²) in [6.07, 6.45) is 1.49. The first-order valence-electron chi connectivity index (χ1n) is 6.22. The number of rotatable bonds is 5. The lowest BCUT2D eigenvalue weighted by atomic mass is 9.94. The van der Waals surface area contributed by atoms with E-state index in [0.717, 1.165) is 24.0 Å². The Hall–Kier alpha value is -1.41. The van der Waals surface area contributed by atoms with E-state index < -0.39 is 0 Å². The minimum Gasteiger partial charge on any atom is -0.207 e. The number of halogens is 3. The molecule has 0 aliphatic carbocycles. The molecule has 0 nitrogen and oxygen atoms in total. The van der Waals surface area contributed by atoms with Crippen molar-refractivity contribution in [3.63, 3.8) is 0 Å². The van der Waals surface area contributed by atoms with Gasteiger partial charge in [0, 0.05) is 5.88 Å². The van der Waals surface area contributed by atoms with Gasteiger partial charge in [-0.15, -0.1) is 11.6 Å². The van der Waals surface area contributed by atoms with Gasteiger partial charge in [-0.2, -0.15) is 0 Å². The molecule has 0 bridgehead atoms. The minimum atomic E-state index is -0.240. The van der Waals surface area contributed by atoms with E-state index in [1.54, 1.807) is 18.2 Å². The zero-order valence-electron chi connectivity index (χ0n) is 10.5. The highest BCUT2D eigenvalue weighted by molar-refractivity contribution is 6.18. The fraction of sp³-hybridized carbons (Fsp3) is 0.250.